The summed E-state index contributed by atoms with van der Waals surface area (Å²) in [4.78, 5) is 27.4. The average molecular weight is 412 g/mol. The van der Waals surface area contributed by atoms with Crippen molar-refractivity contribution in [1.82, 2.24) is 5.32 Å². The highest BCUT2D eigenvalue weighted by Crippen LogP contribution is 2.33. The predicted molar refractivity (Wildman–Crippen MR) is 117 cm³/mol. The fourth-order valence-corrected chi connectivity index (χ4v) is 3.49. The molecule has 2 amide bonds. The van der Waals surface area contributed by atoms with Crippen molar-refractivity contribution in [2.75, 3.05) is 30.4 Å². The fourth-order valence-electron chi connectivity index (χ4n) is 3.49. The molecule has 160 valence electrons. The van der Waals surface area contributed by atoms with Gasteiger partial charge in [0.25, 0.3) is 5.91 Å². The summed E-state index contributed by atoms with van der Waals surface area (Å²) in [7, 11) is 1.56. The molecule has 0 aliphatic carbocycles. The van der Waals surface area contributed by atoms with Crippen molar-refractivity contribution in [1.29, 1.82) is 0 Å². The normalized spacial score (nSPS) is 15.2. The van der Waals surface area contributed by atoms with Gasteiger partial charge < -0.3 is 25.0 Å². The summed E-state index contributed by atoms with van der Waals surface area (Å²) < 4.78 is 11.2. The third-order valence-electron chi connectivity index (χ3n) is 5.20. The van der Waals surface area contributed by atoms with E-state index in [1.165, 1.54) is 0 Å². The van der Waals surface area contributed by atoms with Crippen molar-refractivity contribution in [3.63, 3.8) is 0 Å². The van der Waals surface area contributed by atoms with E-state index in [9.17, 15) is 9.59 Å². The van der Waals surface area contributed by atoms with E-state index in [0.717, 1.165) is 18.5 Å². The summed E-state index contributed by atoms with van der Waals surface area (Å²) >= 11 is 0. The van der Waals surface area contributed by atoms with E-state index in [1.807, 2.05) is 55.1 Å². The van der Waals surface area contributed by atoms with Crippen LogP contribution in [0.1, 0.15) is 26.7 Å². The molecule has 0 saturated carbocycles. The number of rotatable bonds is 8. The van der Waals surface area contributed by atoms with Gasteiger partial charge in [-0.2, -0.15) is 0 Å². The first-order valence-electron chi connectivity index (χ1n) is 10.3. The summed E-state index contributed by atoms with van der Waals surface area (Å²) in [6.07, 6.45) is 1.03. The minimum absolute atomic E-state index is 0.0905. The molecule has 1 aliphatic rings. The molecule has 3 rings (SSSR count). The van der Waals surface area contributed by atoms with Crippen molar-refractivity contribution in [3.05, 3.63) is 48.5 Å². The third-order valence-corrected chi connectivity index (χ3v) is 5.20. The Morgan fingerprint density at radius 3 is 2.57 bits per heavy atom. The van der Waals surface area contributed by atoms with Crippen LogP contribution in [0.2, 0.25) is 0 Å². The molecule has 1 aliphatic heterocycles. The number of benzene rings is 2. The molecule has 1 heterocycles. The summed E-state index contributed by atoms with van der Waals surface area (Å²) in [6, 6.07) is 14.8. The Kier molecular flexibility index (Phi) is 7.17. The maximum Gasteiger partial charge on any atom is 0.263 e. The van der Waals surface area contributed by atoms with Crippen LogP contribution >= 0.6 is 0 Å². The number of carbonyl (C=O) groups is 2. The number of hydrogen-bond acceptors (Lipinski definition) is 5. The molecule has 30 heavy (non-hydrogen) atoms. The number of carbonyl (C=O) groups excluding carboxylic acids is 2. The number of ether oxygens (including phenoxy) is 2. The molecule has 0 fully saturated rings. The van der Waals surface area contributed by atoms with E-state index in [2.05, 4.69) is 10.6 Å². The lowest BCUT2D eigenvalue weighted by Gasteiger charge is -2.35. The van der Waals surface area contributed by atoms with Crippen LogP contribution in [0.15, 0.2) is 48.5 Å². The van der Waals surface area contributed by atoms with E-state index >= 15 is 0 Å². The standard InChI is InChI=1S/C23H29N3O4/c1-4-16(5-2)24-23(28)21-14-26(18-11-7-9-13-20(18)30-21)15-22(27)25-17-10-6-8-12-19(17)29-3/h6-13,16,21H,4-5,14-15H2,1-3H3,(H,24,28)(H,25,27). The molecule has 7 heteroatoms. The van der Waals surface area contributed by atoms with Gasteiger partial charge in [-0.25, -0.2) is 0 Å². The van der Waals surface area contributed by atoms with Crippen LogP contribution < -0.4 is 25.0 Å². The number of methoxy groups -OCH3 is 1. The van der Waals surface area contributed by atoms with E-state index < -0.39 is 6.10 Å². The molecule has 2 aromatic carbocycles. The molecule has 2 N–H and O–H groups in total. The van der Waals surface area contributed by atoms with Crippen molar-refractivity contribution in [2.24, 2.45) is 0 Å². The number of hydrogen-bond donors (Lipinski definition) is 2. The van der Waals surface area contributed by atoms with E-state index in [4.69, 9.17) is 9.47 Å². The number of para-hydroxylation sites is 4. The first-order valence-corrected chi connectivity index (χ1v) is 10.3. The molecular formula is C23H29N3O4. The summed E-state index contributed by atoms with van der Waals surface area (Å²) in [6.45, 7) is 4.47. The number of nitrogens with zero attached hydrogens (tertiary/aromatic N) is 1. The van der Waals surface area contributed by atoms with Gasteiger partial charge in [0.2, 0.25) is 5.91 Å². The van der Waals surface area contributed by atoms with Crippen molar-refractivity contribution >= 4 is 23.2 Å². The molecule has 1 unspecified atom stereocenters. The molecule has 0 spiro atoms. The van der Waals surface area contributed by atoms with Crippen LogP contribution in [0, 0.1) is 0 Å². The number of amides is 2. The largest absolute Gasteiger partial charge is 0.495 e. The number of nitrogens with one attached hydrogen (secondary N) is 2. The van der Waals surface area contributed by atoms with Crippen LogP contribution in [0.25, 0.3) is 0 Å². The maximum absolute atomic E-state index is 12.8. The van der Waals surface area contributed by atoms with Crippen LogP contribution in [0.5, 0.6) is 11.5 Å². The Balaban J connectivity index is 1.74. The van der Waals surface area contributed by atoms with Gasteiger partial charge in [0, 0.05) is 6.04 Å². The van der Waals surface area contributed by atoms with Gasteiger partial charge in [0.1, 0.15) is 11.5 Å². The minimum Gasteiger partial charge on any atom is -0.495 e. The van der Waals surface area contributed by atoms with Gasteiger partial charge >= 0.3 is 0 Å². The fraction of sp³-hybridized carbons (Fsp3) is 0.391. The zero-order valence-corrected chi connectivity index (χ0v) is 17.7. The van der Waals surface area contributed by atoms with E-state index in [1.54, 1.807) is 19.2 Å². The van der Waals surface area contributed by atoms with Crippen LogP contribution in [0.3, 0.4) is 0 Å². The zero-order chi connectivity index (χ0) is 21.5. The van der Waals surface area contributed by atoms with Gasteiger partial charge in [-0.05, 0) is 37.1 Å². The van der Waals surface area contributed by atoms with Crippen molar-refractivity contribution in [2.45, 2.75) is 38.8 Å². The first kappa shape index (κ1) is 21.5. The third kappa shape index (κ3) is 5.03. The molecule has 0 bridgehead atoms. The topological polar surface area (TPSA) is 79.9 Å². The van der Waals surface area contributed by atoms with Crippen molar-refractivity contribution in [3.8, 4) is 11.5 Å². The summed E-state index contributed by atoms with van der Waals surface area (Å²) in [5.41, 5.74) is 1.40. The van der Waals surface area contributed by atoms with Crippen LogP contribution in [-0.2, 0) is 9.59 Å². The molecule has 0 aromatic heterocycles. The molecule has 0 saturated heterocycles. The zero-order valence-electron chi connectivity index (χ0n) is 17.7. The second kappa shape index (κ2) is 10.0. The highest BCUT2D eigenvalue weighted by atomic mass is 16.5. The lowest BCUT2D eigenvalue weighted by Crippen LogP contribution is -2.52. The lowest BCUT2D eigenvalue weighted by molar-refractivity contribution is -0.129. The maximum atomic E-state index is 12.8. The number of fused-ring (bicyclic) bond motifs is 1. The minimum atomic E-state index is -0.681. The molecule has 0 radical (unpaired) electrons. The number of anilines is 2. The second-order valence-electron chi connectivity index (χ2n) is 7.23. The molecule has 2 aromatic rings. The molecule has 1 atom stereocenters. The van der Waals surface area contributed by atoms with Gasteiger partial charge in [-0.3, -0.25) is 9.59 Å². The quantitative estimate of drug-likeness (QED) is 0.697. The summed E-state index contributed by atoms with van der Waals surface area (Å²) in [5.74, 6) is 0.831. The summed E-state index contributed by atoms with van der Waals surface area (Å²) in [5, 5.41) is 5.93. The van der Waals surface area contributed by atoms with Crippen LogP contribution in [0.4, 0.5) is 11.4 Å². The van der Waals surface area contributed by atoms with Gasteiger partial charge in [0.05, 0.1) is 31.6 Å². The monoisotopic (exact) mass is 411 g/mol. The van der Waals surface area contributed by atoms with Gasteiger partial charge in [-0.1, -0.05) is 38.1 Å². The second-order valence-corrected chi connectivity index (χ2v) is 7.23. The highest BCUT2D eigenvalue weighted by molar-refractivity contribution is 5.96. The van der Waals surface area contributed by atoms with Crippen LogP contribution in [-0.4, -0.2) is 44.2 Å². The van der Waals surface area contributed by atoms with E-state index in [-0.39, 0.29) is 24.4 Å². The Morgan fingerprint density at radius 2 is 1.83 bits per heavy atom. The average Bonchev–Trinajstić information content (AvgIpc) is 2.77. The molecular weight excluding hydrogens is 382 g/mol. The Labute approximate surface area is 177 Å². The highest BCUT2D eigenvalue weighted by Gasteiger charge is 2.32. The predicted octanol–water partition coefficient (Wildman–Crippen LogP) is 3.21. The van der Waals surface area contributed by atoms with E-state index in [0.29, 0.717) is 23.7 Å². The Morgan fingerprint density at radius 1 is 1.13 bits per heavy atom. The SMILES string of the molecule is CCC(CC)NC(=O)C1CN(CC(=O)Nc2ccccc2OC)c2ccccc2O1. The molecule has 7 nitrogen and oxygen atoms in total. The van der Waals surface area contributed by atoms with Crippen molar-refractivity contribution < 1.29 is 19.1 Å². The van der Waals surface area contributed by atoms with Gasteiger partial charge in [-0.15, -0.1) is 0 Å². The smallest absolute Gasteiger partial charge is 0.263 e. The Bertz CT molecular complexity index is 882. The van der Waals surface area contributed by atoms with Gasteiger partial charge in [0.15, 0.2) is 6.10 Å². The first-order chi connectivity index (χ1) is 14.5. The lowest BCUT2D eigenvalue weighted by atomic mass is 10.1. The Hall–Kier alpha value is -3.22.